The fourth-order valence-electron chi connectivity index (χ4n) is 5.06. The number of rotatable bonds is 5. The maximum Gasteiger partial charge on any atom is 0.219 e. The molecule has 1 N–H and O–H groups in total. The zero-order valence-electron chi connectivity index (χ0n) is 17.5. The van der Waals surface area contributed by atoms with Crippen LogP contribution in [-0.2, 0) is 11.3 Å². The Morgan fingerprint density at radius 2 is 1.97 bits per heavy atom. The minimum atomic E-state index is -0.282. The molecule has 2 saturated heterocycles. The molecule has 2 fully saturated rings. The third-order valence-electron chi connectivity index (χ3n) is 6.26. The Labute approximate surface area is 175 Å². The molecule has 0 radical (unpaired) electrons. The van der Waals surface area contributed by atoms with Crippen LogP contribution in [0.3, 0.4) is 0 Å². The van der Waals surface area contributed by atoms with Crippen LogP contribution >= 0.6 is 0 Å². The number of halogens is 1. The quantitative estimate of drug-likeness (QED) is 0.814. The molecule has 0 saturated carbocycles. The smallest absolute Gasteiger partial charge is 0.219 e. The van der Waals surface area contributed by atoms with Crippen LogP contribution in [0.25, 0.3) is 0 Å². The van der Waals surface area contributed by atoms with E-state index in [1.807, 2.05) is 17.0 Å². The Bertz CT molecular complexity index is 951. The van der Waals surface area contributed by atoms with E-state index in [0.717, 1.165) is 24.2 Å². The van der Waals surface area contributed by atoms with Crippen LogP contribution in [0.15, 0.2) is 36.4 Å². The van der Waals surface area contributed by atoms with E-state index < -0.39 is 0 Å². The Morgan fingerprint density at radius 1 is 1.17 bits per heavy atom. The zero-order chi connectivity index (χ0) is 21.4. The average Bonchev–Trinajstić information content (AvgIpc) is 3.24. The van der Waals surface area contributed by atoms with Crippen LogP contribution in [0.5, 0.6) is 17.2 Å². The van der Waals surface area contributed by atoms with Crippen molar-refractivity contribution in [2.45, 2.75) is 19.5 Å². The van der Waals surface area contributed by atoms with Gasteiger partial charge in [0.05, 0.1) is 20.3 Å². The Hall–Kier alpha value is -2.80. The lowest BCUT2D eigenvalue weighted by atomic mass is 9.89. The van der Waals surface area contributed by atoms with E-state index in [0.29, 0.717) is 30.5 Å². The molecule has 2 aliphatic rings. The maximum absolute atomic E-state index is 13.9. The summed E-state index contributed by atoms with van der Waals surface area (Å²) in [4.78, 5) is 16.4. The van der Waals surface area contributed by atoms with Gasteiger partial charge in [-0.3, -0.25) is 9.69 Å². The van der Waals surface area contributed by atoms with E-state index in [4.69, 9.17) is 9.47 Å². The summed E-state index contributed by atoms with van der Waals surface area (Å²) >= 11 is 0. The highest BCUT2D eigenvalue weighted by Crippen LogP contribution is 2.46. The van der Waals surface area contributed by atoms with Gasteiger partial charge in [-0.25, -0.2) is 4.39 Å². The number of ether oxygens (including phenoxy) is 2. The number of aromatic hydroxyl groups is 1. The fraction of sp³-hybridized carbons (Fsp3) is 0.435. The second-order valence-electron chi connectivity index (χ2n) is 8.14. The number of carbonyl (C=O) groups excluding carboxylic acids is 1. The highest BCUT2D eigenvalue weighted by Gasteiger charge is 2.48. The maximum atomic E-state index is 13.9. The first-order valence-corrected chi connectivity index (χ1v) is 10.1. The van der Waals surface area contributed by atoms with Crippen molar-refractivity contribution in [2.75, 3.05) is 33.9 Å². The molecule has 2 aliphatic heterocycles. The number of nitrogens with zero attached hydrogens (tertiary/aromatic N) is 2. The molecule has 4 rings (SSSR count). The molecule has 0 bridgehead atoms. The van der Waals surface area contributed by atoms with Gasteiger partial charge in [-0.2, -0.15) is 0 Å². The van der Waals surface area contributed by atoms with Crippen molar-refractivity contribution in [3.8, 4) is 17.2 Å². The van der Waals surface area contributed by atoms with E-state index in [9.17, 15) is 14.3 Å². The number of benzene rings is 2. The van der Waals surface area contributed by atoms with Crippen LogP contribution in [0.4, 0.5) is 4.39 Å². The van der Waals surface area contributed by atoms with Gasteiger partial charge in [0, 0.05) is 39.0 Å². The predicted octanol–water partition coefficient (Wildman–Crippen LogP) is 3.20. The van der Waals surface area contributed by atoms with Gasteiger partial charge < -0.3 is 19.5 Å². The van der Waals surface area contributed by atoms with Gasteiger partial charge in [0.2, 0.25) is 11.7 Å². The van der Waals surface area contributed by atoms with E-state index in [-0.39, 0.29) is 29.4 Å². The lowest BCUT2D eigenvalue weighted by molar-refractivity contribution is -0.130. The number of likely N-dealkylation sites (tertiary alicyclic amines) is 2. The largest absolute Gasteiger partial charge is 0.504 e. The van der Waals surface area contributed by atoms with E-state index in [1.54, 1.807) is 26.2 Å². The second kappa shape index (κ2) is 8.14. The third-order valence-corrected chi connectivity index (χ3v) is 6.26. The van der Waals surface area contributed by atoms with Gasteiger partial charge >= 0.3 is 0 Å². The Balaban J connectivity index is 1.55. The SMILES string of the molecule is COc1cc(CN2C[C@@H]3CN(C(C)=O)[C@H](c4cccc(F)c4)[C@@H]3C2)cc(O)c1OC. The zero-order valence-corrected chi connectivity index (χ0v) is 17.5. The van der Waals surface area contributed by atoms with Crippen molar-refractivity contribution in [1.29, 1.82) is 0 Å². The summed E-state index contributed by atoms with van der Waals surface area (Å²) in [5.74, 6) is 1.17. The summed E-state index contributed by atoms with van der Waals surface area (Å²) in [7, 11) is 3.04. The number of hydrogen-bond acceptors (Lipinski definition) is 5. The molecule has 6 nitrogen and oxygen atoms in total. The second-order valence-corrected chi connectivity index (χ2v) is 8.14. The molecular weight excluding hydrogens is 387 g/mol. The summed E-state index contributed by atoms with van der Waals surface area (Å²) in [6.45, 7) is 4.54. The van der Waals surface area contributed by atoms with Gasteiger partial charge in [0.25, 0.3) is 0 Å². The Kier molecular flexibility index (Phi) is 5.56. The summed E-state index contributed by atoms with van der Waals surface area (Å²) in [6, 6.07) is 10.0. The minimum Gasteiger partial charge on any atom is -0.504 e. The van der Waals surface area contributed by atoms with Crippen molar-refractivity contribution < 1.29 is 23.8 Å². The first-order valence-electron chi connectivity index (χ1n) is 10.1. The molecule has 7 heteroatoms. The van der Waals surface area contributed by atoms with Gasteiger partial charge in [0.15, 0.2) is 11.5 Å². The molecule has 2 aromatic rings. The van der Waals surface area contributed by atoms with Gasteiger partial charge in [-0.15, -0.1) is 0 Å². The van der Waals surface area contributed by atoms with E-state index >= 15 is 0 Å². The van der Waals surface area contributed by atoms with Crippen LogP contribution in [0.2, 0.25) is 0 Å². The lowest BCUT2D eigenvalue weighted by Crippen LogP contribution is -2.34. The van der Waals surface area contributed by atoms with Crippen LogP contribution in [0, 0.1) is 17.7 Å². The topological polar surface area (TPSA) is 62.2 Å². The van der Waals surface area contributed by atoms with Crippen molar-refractivity contribution in [3.05, 3.63) is 53.3 Å². The molecule has 2 heterocycles. The first kappa shape index (κ1) is 20.5. The summed E-state index contributed by atoms with van der Waals surface area (Å²) in [6.07, 6.45) is 0. The Morgan fingerprint density at radius 3 is 2.63 bits per heavy atom. The first-order chi connectivity index (χ1) is 14.4. The monoisotopic (exact) mass is 414 g/mol. The molecular formula is C23H27FN2O4. The average molecular weight is 414 g/mol. The number of amides is 1. The number of methoxy groups -OCH3 is 2. The van der Waals surface area contributed by atoms with Crippen molar-refractivity contribution >= 4 is 5.91 Å². The molecule has 30 heavy (non-hydrogen) atoms. The van der Waals surface area contributed by atoms with Gasteiger partial charge in [-0.1, -0.05) is 12.1 Å². The van der Waals surface area contributed by atoms with Crippen molar-refractivity contribution in [1.82, 2.24) is 9.80 Å². The number of phenols is 1. The fourth-order valence-corrected chi connectivity index (χ4v) is 5.06. The van der Waals surface area contributed by atoms with Crippen molar-refractivity contribution in [2.24, 2.45) is 11.8 Å². The molecule has 2 aromatic carbocycles. The normalized spacial score (nSPS) is 23.5. The number of hydrogen-bond donors (Lipinski definition) is 1. The molecule has 0 unspecified atom stereocenters. The summed E-state index contributed by atoms with van der Waals surface area (Å²) < 4.78 is 24.4. The van der Waals surface area contributed by atoms with Crippen molar-refractivity contribution in [3.63, 3.8) is 0 Å². The molecule has 0 spiro atoms. The number of carbonyl (C=O) groups is 1. The number of fused-ring (bicyclic) bond motifs is 1. The van der Waals surface area contributed by atoms with Crippen LogP contribution in [-0.4, -0.2) is 54.7 Å². The summed E-state index contributed by atoms with van der Waals surface area (Å²) in [5.41, 5.74) is 1.78. The molecule has 160 valence electrons. The standard InChI is InChI=1S/C23H27FN2O4/c1-14(27)26-12-17-11-25(10-15-7-20(28)23(30-3)21(8-15)29-2)13-19(17)22(26)16-5-4-6-18(24)9-16/h4-9,17,19,22,28H,10-13H2,1-3H3/t17-,19-,22-/m1/s1. The molecule has 0 aromatic heterocycles. The van der Waals surface area contributed by atoms with E-state index in [2.05, 4.69) is 4.90 Å². The lowest BCUT2D eigenvalue weighted by Gasteiger charge is -2.29. The van der Waals surface area contributed by atoms with Crippen LogP contribution < -0.4 is 9.47 Å². The van der Waals surface area contributed by atoms with Gasteiger partial charge in [0.1, 0.15) is 5.82 Å². The summed E-state index contributed by atoms with van der Waals surface area (Å²) in [5, 5.41) is 10.2. The highest BCUT2D eigenvalue weighted by molar-refractivity contribution is 5.74. The molecule has 1 amide bonds. The van der Waals surface area contributed by atoms with E-state index in [1.165, 1.54) is 19.2 Å². The minimum absolute atomic E-state index is 0.0232. The highest BCUT2D eigenvalue weighted by atomic mass is 19.1. The molecule has 0 aliphatic carbocycles. The van der Waals surface area contributed by atoms with Crippen LogP contribution in [0.1, 0.15) is 24.1 Å². The molecule has 3 atom stereocenters. The third kappa shape index (κ3) is 3.69. The number of phenolic OH excluding ortho intramolecular Hbond substituents is 1. The predicted molar refractivity (Wildman–Crippen MR) is 110 cm³/mol. The van der Waals surface area contributed by atoms with Gasteiger partial charge in [-0.05, 0) is 41.3 Å².